The number of ether oxygens (including phenoxy) is 1. The highest BCUT2D eigenvalue weighted by atomic mass is 16.5. The maximum absolute atomic E-state index is 12.3. The van der Waals surface area contributed by atoms with Crippen LogP contribution in [0.3, 0.4) is 0 Å². The van der Waals surface area contributed by atoms with Crippen molar-refractivity contribution in [1.29, 1.82) is 0 Å². The van der Waals surface area contributed by atoms with Gasteiger partial charge in [-0.3, -0.25) is 4.79 Å². The fourth-order valence-electron chi connectivity index (χ4n) is 3.10. The molecule has 0 spiro atoms. The molecule has 0 aromatic heterocycles. The molecule has 0 bridgehead atoms. The molecule has 158 valence electrons. The van der Waals surface area contributed by atoms with E-state index in [4.69, 9.17) is 4.74 Å². The second-order valence-electron chi connectivity index (χ2n) is 7.22. The number of hydrogen-bond donors (Lipinski definition) is 2. The number of carbonyl (C=O) groups is 2. The Balaban J connectivity index is 1.58. The lowest BCUT2D eigenvalue weighted by Gasteiger charge is -2.16. The third-order valence-electron chi connectivity index (χ3n) is 4.72. The molecule has 0 fully saturated rings. The predicted molar refractivity (Wildman–Crippen MR) is 120 cm³/mol. The van der Waals surface area contributed by atoms with Crippen LogP contribution in [0.1, 0.15) is 28.4 Å². The molecule has 3 aromatic carbocycles. The fraction of sp³-hybridized carbons (Fsp3) is 0.154. The molecule has 3 rings (SSSR count). The molecule has 0 aliphatic carbocycles. The van der Waals surface area contributed by atoms with E-state index in [1.165, 1.54) is 6.08 Å². The highest BCUT2D eigenvalue weighted by Gasteiger charge is 2.18. The van der Waals surface area contributed by atoms with Gasteiger partial charge in [0.15, 0.2) is 5.78 Å². The maximum Gasteiger partial charge on any atom is 0.326 e. The number of nitrogens with one attached hydrogen (secondary N) is 1. The van der Waals surface area contributed by atoms with Gasteiger partial charge < -0.3 is 15.2 Å². The molecular weight excluding hydrogens is 390 g/mol. The van der Waals surface area contributed by atoms with Gasteiger partial charge in [-0.2, -0.15) is 0 Å². The van der Waals surface area contributed by atoms with Crippen LogP contribution in [0.5, 0.6) is 5.75 Å². The number of aliphatic carboxylic acids is 1. The largest absolute Gasteiger partial charge is 0.489 e. The summed E-state index contributed by atoms with van der Waals surface area (Å²) < 4.78 is 5.77. The lowest BCUT2D eigenvalue weighted by atomic mass is 10.0. The summed E-state index contributed by atoms with van der Waals surface area (Å²) in [7, 11) is 0. The molecule has 0 saturated carbocycles. The summed E-state index contributed by atoms with van der Waals surface area (Å²) in [5.41, 5.74) is 2.99. The van der Waals surface area contributed by atoms with Crippen molar-refractivity contribution in [3.8, 4) is 5.75 Å². The number of hydrogen-bond acceptors (Lipinski definition) is 4. The van der Waals surface area contributed by atoms with Crippen LogP contribution >= 0.6 is 0 Å². The van der Waals surface area contributed by atoms with Crippen molar-refractivity contribution in [3.05, 3.63) is 113 Å². The zero-order valence-electron chi connectivity index (χ0n) is 17.3. The summed E-state index contributed by atoms with van der Waals surface area (Å²) in [5, 5.41) is 12.5. The first-order valence-corrected chi connectivity index (χ1v) is 10.0. The first-order chi connectivity index (χ1) is 15.0. The van der Waals surface area contributed by atoms with Crippen molar-refractivity contribution >= 4 is 11.8 Å². The van der Waals surface area contributed by atoms with Crippen molar-refractivity contribution in [2.45, 2.75) is 26.0 Å². The van der Waals surface area contributed by atoms with E-state index in [0.717, 1.165) is 16.9 Å². The summed E-state index contributed by atoms with van der Waals surface area (Å²) in [6, 6.07) is 25.3. The minimum Gasteiger partial charge on any atom is -0.489 e. The third kappa shape index (κ3) is 6.85. The number of carboxylic acid groups (broad SMARTS) is 1. The van der Waals surface area contributed by atoms with Gasteiger partial charge in [0.1, 0.15) is 18.4 Å². The molecule has 0 heterocycles. The average Bonchev–Trinajstić information content (AvgIpc) is 2.79. The molecule has 0 unspecified atom stereocenters. The minimum absolute atomic E-state index is 0.172. The Morgan fingerprint density at radius 3 is 2.13 bits per heavy atom. The zero-order chi connectivity index (χ0) is 22.1. The number of carboxylic acids is 1. The molecule has 0 radical (unpaired) electrons. The number of carbonyl (C=O) groups excluding carboxylic acids is 1. The van der Waals surface area contributed by atoms with Crippen LogP contribution in [0.25, 0.3) is 0 Å². The van der Waals surface area contributed by atoms with E-state index in [0.29, 0.717) is 17.9 Å². The Kier molecular flexibility index (Phi) is 7.60. The second kappa shape index (κ2) is 10.8. The van der Waals surface area contributed by atoms with Gasteiger partial charge in [0.05, 0.1) is 0 Å². The van der Waals surface area contributed by atoms with Crippen molar-refractivity contribution in [2.24, 2.45) is 0 Å². The normalized spacial score (nSPS) is 12.1. The SMILES string of the molecule is CC(=CC(=O)c1ccccc1)N[C@@H](Cc1ccc(OCc2ccccc2)cc1)C(=O)O. The van der Waals surface area contributed by atoms with Gasteiger partial charge in [-0.15, -0.1) is 0 Å². The standard InChI is InChI=1S/C26H25NO4/c1-19(16-25(28)22-10-6-3-7-11-22)27-24(26(29)30)17-20-12-14-23(15-13-20)31-18-21-8-4-2-5-9-21/h2-16,24,27H,17-18H2,1H3,(H,29,30)/t24-/m0/s1. The van der Waals surface area contributed by atoms with Crippen molar-refractivity contribution in [2.75, 3.05) is 0 Å². The van der Waals surface area contributed by atoms with Crippen LogP contribution in [0.15, 0.2) is 96.7 Å². The molecule has 5 heteroatoms. The highest BCUT2D eigenvalue weighted by molar-refractivity contribution is 6.04. The summed E-state index contributed by atoms with van der Waals surface area (Å²) in [6.45, 7) is 2.16. The first-order valence-electron chi connectivity index (χ1n) is 10.0. The predicted octanol–water partition coefficient (Wildman–Crippen LogP) is 4.64. The van der Waals surface area contributed by atoms with Crippen molar-refractivity contribution < 1.29 is 19.4 Å². The molecule has 0 amide bonds. The molecule has 31 heavy (non-hydrogen) atoms. The van der Waals surface area contributed by atoms with Gasteiger partial charge in [-0.25, -0.2) is 4.79 Å². The van der Waals surface area contributed by atoms with E-state index >= 15 is 0 Å². The fourth-order valence-corrected chi connectivity index (χ4v) is 3.10. The smallest absolute Gasteiger partial charge is 0.326 e. The molecule has 0 saturated heterocycles. The van der Waals surface area contributed by atoms with Crippen LogP contribution in [-0.4, -0.2) is 22.9 Å². The number of ketones is 1. The highest BCUT2D eigenvalue weighted by Crippen LogP contribution is 2.16. The Hall–Kier alpha value is -3.86. The van der Waals surface area contributed by atoms with Gasteiger partial charge in [0.2, 0.25) is 0 Å². The molecular formula is C26H25NO4. The summed E-state index contributed by atoms with van der Waals surface area (Å²) in [5.74, 6) is -0.434. The van der Waals surface area contributed by atoms with E-state index in [2.05, 4.69) is 5.32 Å². The van der Waals surface area contributed by atoms with Crippen molar-refractivity contribution in [1.82, 2.24) is 5.32 Å². The molecule has 1 atom stereocenters. The van der Waals surface area contributed by atoms with Gasteiger partial charge in [-0.1, -0.05) is 72.8 Å². The number of rotatable bonds is 10. The summed E-state index contributed by atoms with van der Waals surface area (Å²) in [4.78, 5) is 24.0. The van der Waals surface area contributed by atoms with Crippen LogP contribution < -0.4 is 10.1 Å². The monoisotopic (exact) mass is 415 g/mol. The molecule has 0 aliphatic heterocycles. The Morgan fingerprint density at radius 1 is 0.903 bits per heavy atom. The minimum atomic E-state index is -0.982. The summed E-state index contributed by atoms with van der Waals surface area (Å²) in [6.07, 6.45) is 1.70. The lowest BCUT2D eigenvalue weighted by Crippen LogP contribution is -2.37. The number of benzene rings is 3. The van der Waals surface area contributed by atoms with E-state index in [-0.39, 0.29) is 12.2 Å². The Bertz CT molecular complexity index is 1030. The van der Waals surface area contributed by atoms with Gasteiger partial charge in [0.25, 0.3) is 0 Å². The van der Waals surface area contributed by atoms with Crippen LogP contribution in [0.2, 0.25) is 0 Å². The van der Waals surface area contributed by atoms with Gasteiger partial charge in [-0.05, 0) is 30.2 Å². The third-order valence-corrected chi connectivity index (χ3v) is 4.72. The molecule has 0 aliphatic rings. The average molecular weight is 415 g/mol. The molecule has 2 N–H and O–H groups in total. The zero-order valence-corrected chi connectivity index (χ0v) is 17.3. The van der Waals surface area contributed by atoms with Crippen LogP contribution in [-0.2, 0) is 17.8 Å². The topological polar surface area (TPSA) is 75.6 Å². The van der Waals surface area contributed by atoms with Gasteiger partial charge >= 0.3 is 5.97 Å². The van der Waals surface area contributed by atoms with Crippen LogP contribution in [0, 0.1) is 0 Å². The quantitative estimate of drug-likeness (QED) is 0.373. The van der Waals surface area contributed by atoms with Gasteiger partial charge in [0, 0.05) is 23.8 Å². The van der Waals surface area contributed by atoms with E-state index in [9.17, 15) is 14.7 Å². The Labute approximate surface area is 182 Å². The Morgan fingerprint density at radius 2 is 1.52 bits per heavy atom. The lowest BCUT2D eigenvalue weighted by molar-refractivity contribution is -0.139. The van der Waals surface area contributed by atoms with E-state index < -0.39 is 12.0 Å². The van der Waals surface area contributed by atoms with Crippen LogP contribution in [0.4, 0.5) is 0 Å². The molecule has 5 nitrogen and oxygen atoms in total. The maximum atomic E-state index is 12.3. The summed E-state index contributed by atoms with van der Waals surface area (Å²) >= 11 is 0. The van der Waals surface area contributed by atoms with E-state index in [1.807, 2.05) is 60.7 Å². The first kappa shape index (κ1) is 21.8. The van der Waals surface area contributed by atoms with Crippen molar-refractivity contribution in [3.63, 3.8) is 0 Å². The molecule has 3 aromatic rings. The second-order valence-corrected chi connectivity index (χ2v) is 7.22. The number of allylic oxidation sites excluding steroid dienone is 2. The van der Waals surface area contributed by atoms with E-state index in [1.54, 1.807) is 31.2 Å².